The number of benzene rings is 4. The molecule has 0 fully saturated rings. The van der Waals surface area contributed by atoms with Crippen molar-refractivity contribution < 1.29 is 29.2 Å². The van der Waals surface area contributed by atoms with E-state index >= 15 is 0 Å². The molecule has 55 heavy (non-hydrogen) atoms. The summed E-state index contributed by atoms with van der Waals surface area (Å²) in [7, 11) is 7.06. The van der Waals surface area contributed by atoms with E-state index in [9.17, 15) is 0 Å². The molecular formula is C49H51IrN3SSi-2. The zero-order chi connectivity index (χ0) is 39.1. The molecule has 0 saturated carbocycles. The molecule has 0 unspecified atom stereocenters. The Balaban J connectivity index is 0.000000217. The molecule has 283 valence electrons. The monoisotopic (exact) mass is 934 g/mol. The van der Waals surface area contributed by atoms with Crippen molar-refractivity contribution in [3.8, 4) is 39.7 Å². The molecule has 3 nitrogen and oxygen atoms in total. The first-order valence-corrected chi connectivity index (χ1v) is 22.9. The van der Waals surface area contributed by atoms with Crippen molar-refractivity contribution in [1.82, 2.24) is 0 Å². The largest absolute Gasteiger partial charge is 0.343 e. The van der Waals surface area contributed by atoms with Crippen molar-refractivity contribution in [2.24, 2.45) is 0 Å². The van der Waals surface area contributed by atoms with E-state index in [0.29, 0.717) is 17.4 Å². The molecule has 0 atom stereocenters. The number of fused-ring (bicyclic) bond motifs is 3. The molecule has 0 spiro atoms. The second-order valence-corrected chi connectivity index (χ2v) is 22.1. The summed E-state index contributed by atoms with van der Waals surface area (Å²) in [6.07, 6.45) is 4.33. The second kappa shape index (κ2) is 16.5. The number of pyridine rings is 2. The van der Waals surface area contributed by atoms with Crippen molar-refractivity contribution >= 4 is 44.8 Å². The molecule has 0 bridgehead atoms. The quantitative estimate of drug-likeness (QED) is 0.0929. The Hall–Kier alpha value is -4.76. The van der Waals surface area contributed by atoms with Crippen molar-refractivity contribution in [2.75, 3.05) is 0 Å². The second-order valence-electron chi connectivity index (χ2n) is 16.0. The van der Waals surface area contributed by atoms with E-state index < -0.39 is 8.07 Å². The number of aryl methyl sites for hydroxylation is 1. The molecule has 3 aromatic heterocycles. The first-order valence-electron chi connectivity index (χ1n) is 18.6. The topological polar surface area (TPSA) is 31.5 Å². The zero-order valence-corrected chi connectivity index (χ0v) is 37.6. The maximum atomic E-state index is 9.03. The van der Waals surface area contributed by atoms with Gasteiger partial charge in [-0.15, -0.1) is 35.1 Å². The summed E-state index contributed by atoms with van der Waals surface area (Å²) in [5.74, 6) is 0.923. The summed E-state index contributed by atoms with van der Waals surface area (Å²) < 4.78 is 6.54. The van der Waals surface area contributed by atoms with E-state index in [1.54, 1.807) is 0 Å². The van der Waals surface area contributed by atoms with Gasteiger partial charge in [0.2, 0.25) is 0 Å². The minimum atomic E-state index is -1.44. The summed E-state index contributed by atoms with van der Waals surface area (Å²) in [4.78, 5) is 0. The van der Waals surface area contributed by atoms with Crippen molar-refractivity contribution in [3.05, 3.63) is 165 Å². The molecule has 7 rings (SSSR count). The van der Waals surface area contributed by atoms with Gasteiger partial charge in [0.1, 0.15) is 0 Å². The maximum absolute atomic E-state index is 9.03. The molecule has 6 heteroatoms. The minimum absolute atomic E-state index is 0. The molecule has 3 heterocycles. The van der Waals surface area contributed by atoms with Crippen LogP contribution in [-0.4, -0.2) is 8.07 Å². The van der Waals surface area contributed by atoms with Crippen LogP contribution < -0.4 is 14.3 Å². The molecule has 0 aliphatic rings. The number of hydrogen-bond acceptors (Lipinski definition) is 2. The Kier molecular flexibility index (Phi) is 12.4. The van der Waals surface area contributed by atoms with Crippen LogP contribution in [-0.2, 0) is 20.1 Å². The van der Waals surface area contributed by atoms with Crippen molar-refractivity contribution in [3.63, 3.8) is 0 Å². The van der Waals surface area contributed by atoms with Crippen molar-refractivity contribution in [2.45, 2.75) is 66.1 Å². The van der Waals surface area contributed by atoms with Crippen LogP contribution >= 0.6 is 11.3 Å². The third-order valence-electron chi connectivity index (χ3n) is 10.3. The molecule has 1 radical (unpaired) electrons. The minimum Gasteiger partial charge on any atom is -0.343 e. The van der Waals surface area contributed by atoms with Crippen LogP contribution in [0, 0.1) is 46.2 Å². The van der Waals surface area contributed by atoms with E-state index in [1.165, 1.54) is 58.7 Å². The van der Waals surface area contributed by atoms with Gasteiger partial charge in [-0.3, -0.25) is 0 Å². The number of nitriles is 1. The van der Waals surface area contributed by atoms with Gasteiger partial charge in [-0.05, 0) is 67.7 Å². The number of nitrogens with zero attached hydrogens (tertiary/aromatic N) is 3. The van der Waals surface area contributed by atoms with Gasteiger partial charge in [0, 0.05) is 38.9 Å². The number of aromatic nitrogens is 2. The number of thiophene rings is 1. The van der Waals surface area contributed by atoms with Gasteiger partial charge in [0.15, 0.2) is 0 Å². The predicted molar refractivity (Wildman–Crippen MR) is 234 cm³/mol. The Morgan fingerprint density at radius 1 is 0.691 bits per heavy atom. The van der Waals surface area contributed by atoms with Gasteiger partial charge in [-0.1, -0.05) is 125 Å². The first kappa shape index (κ1) is 41.4. The molecule has 0 aliphatic heterocycles. The van der Waals surface area contributed by atoms with Crippen molar-refractivity contribution in [1.29, 1.82) is 5.26 Å². The van der Waals surface area contributed by atoms with Gasteiger partial charge in [0.25, 0.3) is 0 Å². The van der Waals surface area contributed by atoms with Gasteiger partial charge >= 0.3 is 0 Å². The van der Waals surface area contributed by atoms with E-state index in [0.717, 1.165) is 28.1 Å². The van der Waals surface area contributed by atoms with E-state index in [-0.39, 0.29) is 20.1 Å². The van der Waals surface area contributed by atoms with Crippen LogP contribution in [0.1, 0.15) is 72.9 Å². The molecule has 0 amide bonds. The average molecular weight is 934 g/mol. The summed E-state index contributed by atoms with van der Waals surface area (Å²) in [5, 5.41) is 13.1. The average Bonchev–Trinajstić information content (AvgIpc) is 3.50. The fraction of sp³-hybridized carbons (Fsp3) is 0.204. The van der Waals surface area contributed by atoms with Gasteiger partial charge in [-0.25, -0.2) is 0 Å². The molecular weight excluding hydrogens is 883 g/mol. The summed E-state index contributed by atoms with van der Waals surface area (Å²) in [6, 6.07) is 34.1. The standard InChI is InChI=1S/C29H26NS.C20H25N2Si.Ir/c1-18(2)25-16-26(30(5)17-20(25)4)28-19(3)11-13-24-23-14-12-22(15-27(23)31-29(24)28)21-9-7-6-8-10-21;1-14(2)18-11-19(22(4)13-20(18)23(5,6)7)17-9-8-16(12-21)10-15(17)3;/h6-18H,3,5H2,1-2,4H3;8-11,13-14H,3-4H2,1-2,5-7H3;/q2*-1;. The third kappa shape index (κ3) is 8.42. The normalized spacial score (nSPS) is 11.4. The zero-order valence-electron chi connectivity index (χ0n) is 33.4. The van der Waals surface area contributed by atoms with Gasteiger partial charge in [-0.2, -0.15) is 36.3 Å². The van der Waals surface area contributed by atoms with E-state index in [4.69, 9.17) is 5.26 Å². The first-order chi connectivity index (χ1) is 25.6. The Labute approximate surface area is 347 Å². The van der Waals surface area contributed by atoms with E-state index in [2.05, 4.69) is 173 Å². The summed E-state index contributed by atoms with van der Waals surface area (Å²) in [5.41, 5.74) is 13.4. The number of rotatable bonds is 6. The third-order valence-corrected chi connectivity index (χ3v) is 13.5. The molecule has 0 saturated heterocycles. The Morgan fingerprint density at radius 2 is 1.33 bits per heavy atom. The Morgan fingerprint density at radius 3 is 1.95 bits per heavy atom. The van der Waals surface area contributed by atoms with Crippen LogP contribution in [0.4, 0.5) is 0 Å². The summed E-state index contributed by atoms with van der Waals surface area (Å²) in [6.45, 7) is 26.7. The van der Waals surface area contributed by atoms with E-state index in [1.807, 2.05) is 38.7 Å². The molecule has 7 aromatic rings. The smallest absolute Gasteiger partial charge is 0.0856 e. The van der Waals surface area contributed by atoms with Gasteiger partial charge in [0.05, 0.1) is 37.9 Å². The van der Waals surface area contributed by atoms with Crippen LogP contribution in [0.2, 0.25) is 19.6 Å². The predicted octanol–water partition coefficient (Wildman–Crippen LogP) is 11.9. The summed E-state index contributed by atoms with van der Waals surface area (Å²) >= 11 is 1.85. The van der Waals surface area contributed by atoms with Crippen LogP contribution in [0.3, 0.4) is 0 Å². The Bertz CT molecular complexity index is 2550. The number of hydrogen-bond donors (Lipinski definition) is 0. The SMILES string of the molecule is [CH2-]c1cc(C#N)ccc1-c1cc(C(C)C)c([Si](C)(C)C)c[n+]1[CH2-].[CH2-]c1ccc2c(sc3cc(-c4ccccc4)ccc32)c1-c1cc(C(C)C)c(C)c[n+]1[CH2-].[Ir]. The van der Waals surface area contributed by atoms with Crippen LogP contribution in [0.25, 0.3) is 53.8 Å². The van der Waals surface area contributed by atoms with Gasteiger partial charge < -0.3 is 9.13 Å². The fourth-order valence-corrected chi connectivity index (χ4v) is 10.5. The maximum Gasteiger partial charge on any atom is 0.0856 e. The molecule has 0 N–H and O–H groups in total. The fourth-order valence-electron chi connectivity index (χ4n) is 7.39. The molecule has 4 aromatic carbocycles. The van der Waals surface area contributed by atoms with Crippen LogP contribution in [0.5, 0.6) is 0 Å². The molecule has 0 aliphatic carbocycles. The van der Waals surface area contributed by atoms with Crippen LogP contribution in [0.15, 0.2) is 103 Å².